The van der Waals surface area contributed by atoms with Crippen LogP contribution in [0, 0.1) is 0 Å². The number of methoxy groups -OCH3 is 3. The van der Waals surface area contributed by atoms with Gasteiger partial charge in [0.15, 0.2) is 11.5 Å². The van der Waals surface area contributed by atoms with Gasteiger partial charge in [0.05, 0.1) is 34.3 Å². The molecule has 0 saturated carbocycles. The number of likely N-dealkylation sites (N-methyl/N-ethyl adjacent to an activating group) is 1. The molecule has 1 fully saturated rings. The number of hydrogen-bond acceptors (Lipinski definition) is 6. The molecule has 0 aliphatic carbocycles. The first-order chi connectivity index (χ1) is 14.0. The molecule has 0 bridgehead atoms. The number of ether oxygens (including phenoxy) is 3. The molecular weight excluding hydrogens is 374 g/mol. The van der Waals surface area contributed by atoms with E-state index in [1.54, 1.807) is 27.4 Å². The lowest BCUT2D eigenvalue weighted by atomic mass is 10.1. The van der Waals surface area contributed by atoms with Crippen molar-refractivity contribution in [1.29, 1.82) is 0 Å². The number of carbonyl (C=O) groups excluding carboxylic acids is 2. The normalized spacial score (nSPS) is 14.4. The monoisotopic (exact) mass is 407 g/mol. The third-order valence-electron chi connectivity index (χ3n) is 5.33. The summed E-state index contributed by atoms with van der Waals surface area (Å²) < 4.78 is 16.2. The van der Waals surface area contributed by atoms with Crippen molar-refractivity contribution in [2.24, 2.45) is 0 Å². The van der Waals surface area contributed by atoms with Crippen LogP contribution in [-0.2, 0) is 16.0 Å². The third-order valence-corrected chi connectivity index (χ3v) is 5.33. The molecule has 29 heavy (non-hydrogen) atoms. The van der Waals surface area contributed by atoms with Crippen LogP contribution in [-0.4, -0.2) is 93.7 Å². The Morgan fingerprint density at radius 3 is 2.07 bits per heavy atom. The van der Waals surface area contributed by atoms with Crippen LogP contribution in [0.5, 0.6) is 17.2 Å². The van der Waals surface area contributed by atoms with Crippen molar-refractivity contribution < 1.29 is 23.8 Å². The van der Waals surface area contributed by atoms with Crippen LogP contribution in [0.1, 0.15) is 19.4 Å². The van der Waals surface area contributed by atoms with Crippen molar-refractivity contribution in [3.63, 3.8) is 0 Å². The van der Waals surface area contributed by atoms with Gasteiger partial charge in [0.2, 0.25) is 17.6 Å². The van der Waals surface area contributed by atoms with Crippen LogP contribution in [0.15, 0.2) is 12.1 Å². The number of amides is 2. The topological polar surface area (TPSA) is 71.6 Å². The number of benzene rings is 1. The van der Waals surface area contributed by atoms with Gasteiger partial charge in [-0.3, -0.25) is 14.5 Å². The summed E-state index contributed by atoms with van der Waals surface area (Å²) >= 11 is 0. The molecule has 2 amide bonds. The van der Waals surface area contributed by atoms with Crippen LogP contribution in [0.2, 0.25) is 0 Å². The molecule has 1 aromatic rings. The molecule has 2 rings (SSSR count). The Hall–Kier alpha value is -2.48. The standard InChI is InChI=1S/C21H33N3O5/c1-6-23(7-2)19(26)15-22-10-12-24(13-11-22)18(25)14-16-8-9-17(27-3)21(29-5)20(16)28-4/h8-9H,6-7,10-15H2,1-5H3. The second kappa shape index (κ2) is 10.9. The van der Waals surface area contributed by atoms with E-state index in [2.05, 4.69) is 4.90 Å². The number of carbonyl (C=O) groups is 2. The lowest BCUT2D eigenvalue weighted by Gasteiger charge is -2.35. The third kappa shape index (κ3) is 5.53. The van der Waals surface area contributed by atoms with E-state index in [1.165, 1.54) is 0 Å². The van der Waals surface area contributed by atoms with Gasteiger partial charge >= 0.3 is 0 Å². The molecule has 1 aliphatic rings. The van der Waals surface area contributed by atoms with Gasteiger partial charge in [-0.25, -0.2) is 0 Å². The fraction of sp³-hybridized carbons (Fsp3) is 0.619. The minimum atomic E-state index is 0.0326. The molecule has 0 radical (unpaired) electrons. The van der Waals surface area contributed by atoms with Gasteiger partial charge in [0, 0.05) is 44.8 Å². The zero-order valence-corrected chi connectivity index (χ0v) is 18.2. The highest BCUT2D eigenvalue weighted by Gasteiger charge is 2.25. The number of nitrogens with zero attached hydrogens (tertiary/aromatic N) is 3. The first-order valence-electron chi connectivity index (χ1n) is 10.0. The van der Waals surface area contributed by atoms with Gasteiger partial charge < -0.3 is 24.0 Å². The molecule has 8 nitrogen and oxygen atoms in total. The Kier molecular flexibility index (Phi) is 8.57. The molecule has 0 unspecified atom stereocenters. The summed E-state index contributed by atoms with van der Waals surface area (Å²) in [6.07, 6.45) is 0.224. The molecule has 1 aromatic carbocycles. The quantitative estimate of drug-likeness (QED) is 0.614. The summed E-state index contributed by atoms with van der Waals surface area (Å²) in [7, 11) is 4.66. The maximum atomic E-state index is 12.8. The second-order valence-corrected chi connectivity index (χ2v) is 6.89. The zero-order chi connectivity index (χ0) is 21.4. The maximum absolute atomic E-state index is 12.8. The first-order valence-corrected chi connectivity index (χ1v) is 10.0. The Bertz CT molecular complexity index is 698. The molecule has 1 saturated heterocycles. The van der Waals surface area contributed by atoms with Crippen LogP contribution >= 0.6 is 0 Å². The highest BCUT2D eigenvalue weighted by Crippen LogP contribution is 2.40. The first kappa shape index (κ1) is 22.8. The lowest BCUT2D eigenvalue weighted by Crippen LogP contribution is -2.51. The summed E-state index contributed by atoms with van der Waals surface area (Å²) in [4.78, 5) is 30.9. The van der Waals surface area contributed by atoms with Gasteiger partial charge in [0.25, 0.3) is 0 Å². The van der Waals surface area contributed by atoms with Gasteiger partial charge in [-0.2, -0.15) is 0 Å². The Labute approximate surface area is 173 Å². The molecule has 8 heteroatoms. The van der Waals surface area contributed by atoms with Gasteiger partial charge in [-0.15, -0.1) is 0 Å². The van der Waals surface area contributed by atoms with Gasteiger partial charge in [0.1, 0.15) is 0 Å². The summed E-state index contributed by atoms with van der Waals surface area (Å²) in [5, 5.41) is 0. The van der Waals surface area contributed by atoms with Crippen molar-refractivity contribution in [2.75, 3.05) is 67.1 Å². The van der Waals surface area contributed by atoms with Crippen molar-refractivity contribution in [3.05, 3.63) is 17.7 Å². The molecule has 0 atom stereocenters. The SMILES string of the molecule is CCN(CC)C(=O)CN1CCN(C(=O)Cc2ccc(OC)c(OC)c2OC)CC1. The summed E-state index contributed by atoms with van der Waals surface area (Å²) in [5.74, 6) is 1.74. The predicted octanol–water partition coefficient (Wildman–Crippen LogP) is 1.27. The maximum Gasteiger partial charge on any atom is 0.236 e. The summed E-state index contributed by atoms with van der Waals surface area (Å²) in [6, 6.07) is 3.61. The molecule has 0 N–H and O–H groups in total. The Morgan fingerprint density at radius 2 is 1.55 bits per heavy atom. The van der Waals surface area contributed by atoms with Crippen molar-refractivity contribution in [3.8, 4) is 17.2 Å². The average molecular weight is 408 g/mol. The Balaban J connectivity index is 1.96. The number of piperazine rings is 1. The van der Waals surface area contributed by atoms with Crippen molar-refractivity contribution >= 4 is 11.8 Å². The van der Waals surface area contributed by atoms with Crippen molar-refractivity contribution in [2.45, 2.75) is 20.3 Å². The molecule has 1 heterocycles. The fourth-order valence-corrected chi connectivity index (χ4v) is 3.60. The smallest absolute Gasteiger partial charge is 0.236 e. The molecule has 0 aromatic heterocycles. The number of rotatable bonds is 9. The van der Waals surface area contributed by atoms with E-state index in [1.807, 2.05) is 29.7 Å². The van der Waals surface area contributed by atoms with Crippen LogP contribution in [0.4, 0.5) is 0 Å². The van der Waals surface area contributed by atoms with Crippen molar-refractivity contribution in [1.82, 2.24) is 14.7 Å². The number of hydrogen-bond donors (Lipinski definition) is 0. The molecule has 0 spiro atoms. The Morgan fingerprint density at radius 1 is 0.931 bits per heavy atom. The van der Waals surface area contributed by atoms with E-state index in [0.717, 1.165) is 18.7 Å². The van der Waals surface area contributed by atoms with E-state index in [9.17, 15) is 9.59 Å². The predicted molar refractivity (Wildman–Crippen MR) is 111 cm³/mol. The van der Waals surface area contributed by atoms with E-state index >= 15 is 0 Å². The minimum Gasteiger partial charge on any atom is -0.493 e. The fourth-order valence-electron chi connectivity index (χ4n) is 3.60. The highest BCUT2D eigenvalue weighted by atomic mass is 16.5. The molecule has 1 aliphatic heterocycles. The van der Waals surface area contributed by atoms with E-state index in [4.69, 9.17) is 14.2 Å². The molecular formula is C21H33N3O5. The summed E-state index contributed by atoms with van der Waals surface area (Å²) in [6.45, 7) is 8.44. The summed E-state index contributed by atoms with van der Waals surface area (Å²) in [5.41, 5.74) is 0.759. The van der Waals surface area contributed by atoms with Gasteiger partial charge in [-0.1, -0.05) is 6.07 Å². The minimum absolute atomic E-state index is 0.0326. The van der Waals surface area contributed by atoms with E-state index < -0.39 is 0 Å². The van der Waals surface area contributed by atoms with E-state index in [0.29, 0.717) is 50.0 Å². The zero-order valence-electron chi connectivity index (χ0n) is 18.2. The van der Waals surface area contributed by atoms with Gasteiger partial charge in [-0.05, 0) is 19.9 Å². The largest absolute Gasteiger partial charge is 0.493 e. The van der Waals surface area contributed by atoms with Crippen LogP contribution in [0.3, 0.4) is 0 Å². The van der Waals surface area contributed by atoms with E-state index in [-0.39, 0.29) is 18.2 Å². The average Bonchev–Trinajstić information content (AvgIpc) is 2.74. The van der Waals surface area contributed by atoms with Crippen LogP contribution < -0.4 is 14.2 Å². The second-order valence-electron chi connectivity index (χ2n) is 6.89. The lowest BCUT2D eigenvalue weighted by molar-refractivity contribution is -0.134. The van der Waals surface area contributed by atoms with Crippen LogP contribution in [0.25, 0.3) is 0 Å². The highest BCUT2D eigenvalue weighted by molar-refractivity contribution is 5.81. The molecule has 162 valence electrons.